The quantitative estimate of drug-likeness (QED) is 0.207. The van der Waals surface area contributed by atoms with E-state index in [1.54, 1.807) is 4.72 Å². The van der Waals surface area contributed by atoms with Crippen molar-refractivity contribution in [3.05, 3.63) is 24.4 Å². The van der Waals surface area contributed by atoms with Gasteiger partial charge in [0.2, 0.25) is 17.7 Å². The minimum absolute atomic E-state index is 0.0412. The first kappa shape index (κ1) is 33.6. The highest BCUT2D eigenvalue weighted by molar-refractivity contribution is 7.93. The van der Waals surface area contributed by atoms with Gasteiger partial charge in [-0.25, -0.2) is 22.9 Å². The van der Waals surface area contributed by atoms with E-state index in [9.17, 15) is 31.0 Å². The van der Waals surface area contributed by atoms with Gasteiger partial charge in [-0.1, -0.05) is 6.92 Å². The Labute approximate surface area is 224 Å². The number of sulfonamides is 1. The number of urea groups is 1. The first-order chi connectivity index (χ1) is 18.0. The van der Waals surface area contributed by atoms with Gasteiger partial charge in [-0.2, -0.15) is 18.4 Å². The van der Waals surface area contributed by atoms with Gasteiger partial charge in [0.25, 0.3) is 10.0 Å². The number of carboxylic acids is 1. The Morgan fingerprint density at radius 2 is 1.72 bits per heavy atom. The summed E-state index contributed by atoms with van der Waals surface area (Å²) in [6, 6.07) is 1.44. The first-order valence-electron chi connectivity index (χ1n) is 10.7. The molecule has 2 unspecified atom stereocenters. The van der Waals surface area contributed by atoms with E-state index in [1.165, 1.54) is 39.9 Å². The molecule has 2 amide bonds. The molecule has 0 aromatic carbocycles. The maximum Gasteiger partial charge on any atom is 0.335 e. The van der Waals surface area contributed by atoms with Crippen LogP contribution in [0.15, 0.2) is 34.3 Å². The van der Waals surface area contributed by atoms with Crippen molar-refractivity contribution in [2.45, 2.75) is 29.3 Å². The van der Waals surface area contributed by atoms with Crippen molar-refractivity contribution >= 4 is 45.2 Å². The van der Waals surface area contributed by atoms with Crippen LogP contribution >= 0.6 is 7.37 Å². The lowest BCUT2D eigenvalue weighted by atomic mass is 10.2. The topological polar surface area (TPSA) is 267 Å². The fraction of sp³-hybridized carbons (Fsp3) is 0.421. The molecule has 2 aromatic heterocycles. The Balaban J connectivity index is 0.000000584. The van der Waals surface area contributed by atoms with Crippen molar-refractivity contribution in [1.82, 2.24) is 19.7 Å². The number of nitrogens with zero attached hydrogens (tertiary/aromatic N) is 3. The standard InChI is InChI=1S/C14H17N5O7S2.C5H12NO4P/c1-4-27(21,22)9-6-5-7-15-12(9)28(23,24)19-14(20)18-13-16-10(25-2)8-11(17-13)26-3;1-11(9,10)3-2-4(6)5(7)8/h5-8H,4H2,1-3H3,(H2,16,17,18,19,20);4H,2-3,6H2,1H3,(H,7,8)(H,9,10). The van der Waals surface area contributed by atoms with Gasteiger partial charge in [0, 0.05) is 19.0 Å². The smallest absolute Gasteiger partial charge is 0.335 e. The van der Waals surface area contributed by atoms with Gasteiger partial charge >= 0.3 is 12.0 Å². The molecule has 0 bridgehead atoms. The highest BCUT2D eigenvalue weighted by atomic mass is 32.2. The highest BCUT2D eigenvalue weighted by Gasteiger charge is 2.28. The number of methoxy groups -OCH3 is 2. The third-order valence-electron chi connectivity index (χ3n) is 4.43. The summed E-state index contributed by atoms with van der Waals surface area (Å²) < 4.78 is 71.3. The molecular weight excluding hydrogens is 583 g/mol. The molecule has 0 fully saturated rings. The Kier molecular flexibility index (Phi) is 12.2. The Hall–Kier alpha value is -3.38. The molecule has 0 radical (unpaired) electrons. The maximum absolute atomic E-state index is 12.5. The number of sulfone groups is 1. The van der Waals surface area contributed by atoms with Crippen LogP contribution in [-0.2, 0) is 29.2 Å². The van der Waals surface area contributed by atoms with Crippen molar-refractivity contribution < 1.29 is 50.5 Å². The Bertz CT molecular complexity index is 1410. The summed E-state index contributed by atoms with van der Waals surface area (Å²) in [6.45, 7) is 2.54. The van der Waals surface area contributed by atoms with Gasteiger partial charge in [-0.15, -0.1) is 0 Å². The zero-order chi connectivity index (χ0) is 30.0. The summed E-state index contributed by atoms with van der Waals surface area (Å²) >= 11 is 0. The Morgan fingerprint density at radius 3 is 2.18 bits per heavy atom. The fourth-order valence-electron chi connectivity index (χ4n) is 2.44. The number of hydrogen-bond acceptors (Lipinski definition) is 13. The SMILES string of the molecule is CCS(=O)(=O)c1cccnc1S(=O)(=O)NC(=O)Nc1nc(OC)cc(OC)n1.CP(=O)(O)CCC(N)C(=O)O. The van der Waals surface area contributed by atoms with E-state index in [2.05, 4.69) is 20.3 Å². The van der Waals surface area contributed by atoms with E-state index >= 15 is 0 Å². The van der Waals surface area contributed by atoms with Crippen LogP contribution in [0.25, 0.3) is 0 Å². The lowest BCUT2D eigenvalue weighted by Crippen LogP contribution is -2.36. The van der Waals surface area contributed by atoms with Crippen LogP contribution < -0.4 is 25.2 Å². The van der Waals surface area contributed by atoms with Gasteiger partial charge in [-0.05, 0) is 18.6 Å². The van der Waals surface area contributed by atoms with Crippen LogP contribution in [0.1, 0.15) is 13.3 Å². The number of carboxylic acid groups (broad SMARTS) is 1. The normalized spacial score (nSPS) is 13.6. The van der Waals surface area contributed by atoms with Gasteiger partial charge in [0.05, 0.1) is 26.0 Å². The van der Waals surface area contributed by atoms with Crippen LogP contribution in [0, 0.1) is 0 Å². The van der Waals surface area contributed by atoms with Crippen molar-refractivity contribution in [2.75, 3.05) is 38.1 Å². The zero-order valence-corrected chi connectivity index (χ0v) is 23.8. The van der Waals surface area contributed by atoms with Crippen molar-refractivity contribution in [2.24, 2.45) is 5.73 Å². The molecule has 0 aliphatic rings. The lowest BCUT2D eigenvalue weighted by molar-refractivity contribution is -0.138. The van der Waals surface area contributed by atoms with Crippen LogP contribution in [0.3, 0.4) is 0 Å². The van der Waals surface area contributed by atoms with E-state index in [0.29, 0.717) is 0 Å². The molecule has 0 spiro atoms. The highest BCUT2D eigenvalue weighted by Crippen LogP contribution is 2.35. The van der Waals surface area contributed by atoms with Crippen molar-refractivity contribution in [3.8, 4) is 11.8 Å². The van der Waals surface area contributed by atoms with Crippen LogP contribution in [0.5, 0.6) is 11.8 Å². The third kappa shape index (κ3) is 11.1. The molecule has 6 N–H and O–H groups in total. The summed E-state index contributed by atoms with van der Waals surface area (Å²) in [7, 11) is -8.95. The average molecular weight is 613 g/mol. The molecule has 0 saturated heterocycles. The molecule has 2 aromatic rings. The molecule has 20 heteroatoms. The summed E-state index contributed by atoms with van der Waals surface area (Å²) in [6.07, 6.45) is 1.09. The minimum Gasteiger partial charge on any atom is -0.481 e. The molecule has 218 valence electrons. The summed E-state index contributed by atoms with van der Waals surface area (Å²) in [4.78, 5) is 41.7. The number of ether oxygens (including phenoxy) is 2. The van der Waals surface area contributed by atoms with Gasteiger partial charge in [-0.3, -0.25) is 14.7 Å². The number of aromatic nitrogens is 3. The molecule has 17 nitrogen and oxygen atoms in total. The van der Waals surface area contributed by atoms with Gasteiger partial charge < -0.3 is 25.2 Å². The van der Waals surface area contributed by atoms with Crippen molar-refractivity contribution in [1.29, 1.82) is 0 Å². The van der Waals surface area contributed by atoms with E-state index in [1.807, 2.05) is 0 Å². The Morgan fingerprint density at radius 1 is 1.15 bits per heavy atom. The second-order valence-electron chi connectivity index (χ2n) is 7.55. The predicted octanol–water partition coefficient (Wildman–Crippen LogP) is -0.119. The number of pyridine rings is 1. The second kappa shape index (κ2) is 14.1. The molecule has 0 aliphatic carbocycles. The number of carbonyl (C=O) groups is 2. The van der Waals surface area contributed by atoms with E-state index < -0.39 is 55.2 Å². The summed E-state index contributed by atoms with van der Waals surface area (Å²) in [5.41, 5.74) is 5.09. The number of nitrogens with two attached hydrogens (primary N) is 1. The zero-order valence-electron chi connectivity index (χ0n) is 21.3. The predicted molar refractivity (Wildman–Crippen MR) is 137 cm³/mol. The fourth-order valence-corrected chi connectivity index (χ4v) is 5.75. The van der Waals surface area contributed by atoms with Gasteiger partial charge in [0.1, 0.15) is 10.9 Å². The molecule has 39 heavy (non-hydrogen) atoms. The molecule has 2 heterocycles. The van der Waals surface area contributed by atoms with Crippen LogP contribution in [0.2, 0.25) is 0 Å². The molecule has 2 rings (SSSR count). The van der Waals surface area contributed by atoms with E-state index in [0.717, 1.165) is 12.3 Å². The van der Waals surface area contributed by atoms with Crippen LogP contribution in [0.4, 0.5) is 10.7 Å². The number of carbonyl (C=O) groups excluding carboxylic acids is 1. The van der Waals surface area contributed by atoms with Crippen LogP contribution in [-0.4, -0.2) is 92.6 Å². The average Bonchev–Trinajstić information content (AvgIpc) is 2.86. The maximum atomic E-state index is 12.5. The number of anilines is 1. The number of rotatable bonds is 11. The molecule has 2 atom stereocenters. The number of aliphatic carboxylic acids is 1. The molecule has 0 saturated carbocycles. The van der Waals surface area contributed by atoms with Crippen molar-refractivity contribution in [3.63, 3.8) is 0 Å². The number of amides is 2. The van der Waals surface area contributed by atoms with E-state index in [4.69, 9.17) is 25.2 Å². The third-order valence-corrected chi connectivity index (χ3v) is 8.69. The second-order valence-corrected chi connectivity index (χ2v) is 13.9. The number of hydrogen-bond donors (Lipinski definition) is 5. The first-order valence-corrected chi connectivity index (χ1v) is 16.1. The monoisotopic (exact) mass is 612 g/mol. The molecular formula is C19H29N6O11PS2. The van der Waals surface area contributed by atoms with Gasteiger partial charge in [0.15, 0.2) is 22.2 Å². The summed E-state index contributed by atoms with van der Waals surface area (Å²) in [5, 5.41) is 9.59. The molecule has 0 aliphatic heterocycles. The summed E-state index contributed by atoms with van der Waals surface area (Å²) in [5.74, 6) is -1.66. The number of nitrogens with one attached hydrogen (secondary N) is 2. The minimum atomic E-state index is -4.61. The lowest BCUT2D eigenvalue weighted by Gasteiger charge is -2.11. The van der Waals surface area contributed by atoms with E-state index in [-0.39, 0.29) is 36.0 Å². The largest absolute Gasteiger partial charge is 0.481 e.